The van der Waals surface area contributed by atoms with Crippen molar-refractivity contribution < 1.29 is 13.2 Å². The van der Waals surface area contributed by atoms with Crippen LogP contribution in [0.2, 0.25) is 0 Å². The molecule has 3 aromatic carbocycles. The summed E-state index contributed by atoms with van der Waals surface area (Å²) in [5, 5.41) is 1.86. The third-order valence-electron chi connectivity index (χ3n) is 4.75. The van der Waals surface area contributed by atoms with Crippen LogP contribution in [0.3, 0.4) is 0 Å². The molecule has 0 bridgehead atoms. The van der Waals surface area contributed by atoms with Gasteiger partial charge in [0.25, 0.3) is 10.0 Å². The van der Waals surface area contributed by atoms with Gasteiger partial charge in [-0.1, -0.05) is 30.3 Å². The zero-order valence-corrected chi connectivity index (χ0v) is 15.5. The fraction of sp³-hybridized carbons (Fsp3) is 0.238. The van der Waals surface area contributed by atoms with Gasteiger partial charge in [0.15, 0.2) is 0 Å². The second-order valence-electron chi connectivity index (χ2n) is 6.41. The highest BCUT2D eigenvalue weighted by atomic mass is 32.2. The molecule has 1 aliphatic rings. The minimum absolute atomic E-state index is 0.325. The van der Waals surface area contributed by atoms with E-state index in [1.54, 1.807) is 16.4 Å². The Labute approximate surface area is 154 Å². The molecule has 0 fully saturated rings. The van der Waals surface area contributed by atoms with Gasteiger partial charge in [0.2, 0.25) is 0 Å². The fourth-order valence-corrected chi connectivity index (χ4v) is 5.07. The second kappa shape index (κ2) is 6.65. The molecular weight excluding hydrogens is 346 g/mol. The van der Waals surface area contributed by atoms with Crippen molar-refractivity contribution >= 4 is 26.5 Å². The van der Waals surface area contributed by atoms with E-state index in [0.29, 0.717) is 18.0 Å². The molecule has 4 rings (SSSR count). The van der Waals surface area contributed by atoms with Crippen LogP contribution in [0.25, 0.3) is 10.8 Å². The molecule has 4 nitrogen and oxygen atoms in total. The molecule has 0 amide bonds. The summed E-state index contributed by atoms with van der Waals surface area (Å²) in [7, 11) is -3.59. The summed E-state index contributed by atoms with van der Waals surface area (Å²) in [6.07, 6.45) is 1.75. The smallest absolute Gasteiger partial charge is 0.264 e. The monoisotopic (exact) mass is 367 g/mol. The van der Waals surface area contributed by atoms with E-state index in [0.717, 1.165) is 40.6 Å². The van der Waals surface area contributed by atoms with E-state index in [2.05, 4.69) is 0 Å². The van der Waals surface area contributed by atoms with Gasteiger partial charge in [0.1, 0.15) is 5.75 Å². The zero-order valence-electron chi connectivity index (χ0n) is 14.7. The molecular formula is C21H21NO3S. The van der Waals surface area contributed by atoms with Gasteiger partial charge < -0.3 is 4.74 Å². The highest BCUT2D eigenvalue weighted by Gasteiger charge is 2.28. The number of benzene rings is 3. The van der Waals surface area contributed by atoms with Crippen molar-refractivity contribution in [3.63, 3.8) is 0 Å². The Kier molecular flexibility index (Phi) is 4.32. The first kappa shape index (κ1) is 16.9. The maximum absolute atomic E-state index is 13.3. The largest absolute Gasteiger partial charge is 0.494 e. The lowest BCUT2D eigenvalue weighted by molar-refractivity contribution is 0.341. The Morgan fingerprint density at radius 3 is 2.62 bits per heavy atom. The van der Waals surface area contributed by atoms with E-state index in [1.165, 1.54) is 0 Å². The number of ether oxygens (including phenoxy) is 1. The first-order chi connectivity index (χ1) is 12.6. The van der Waals surface area contributed by atoms with Crippen LogP contribution in [-0.4, -0.2) is 21.6 Å². The van der Waals surface area contributed by atoms with Crippen LogP contribution in [0.15, 0.2) is 65.6 Å². The average molecular weight is 367 g/mol. The zero-order chi connectivity index (χ0) is 18.1. The molecule has 0 N–H and O–H groups in total. The summed E-state index contributed by atoms with van der Waals surface area (Å²) >= 11 is 0. The van der Waals surface area contributed by atoms with Gasteiger partial charge in [-0.2, -0.15) is 0 Å². The molecule has 3 aromatic rings. The van der Waals surface area contributed by atoms with E-state index in [4.69, 9.17) is 4.74 Å². The number of sulfonamides is 1. The lowest BCUT2D eigenvalue weighted by Gasteiger charge is -2.30. The number of nitrogens with zero attached hydrogens (tertiary/aromatic N) is 1. The second-order valence-corrected chi connectivity index (χ2v) is 8.28. The van der Waals surface area contributed by atoms with Crippen molar-refractivity contribution in [1.29, 1.82) is 0 Å². The molecule has 0 atom stereocenters. The van der Waals surface area contributed by atoms with E-state index in [1.807, 2.05) is 55.5 Å². The molecule has 1 aliphatic heterocycles. The molecule has 0 unspecified atom stereocenters. The van der Waals surface area contributed by atoms with Gasteiger partial charge in [0, 0.05) is 6.54 Å². The van der Waals surface area contributed by atoms with Gasteiger partial charge in [-0.3, -0.25) is 4.31 Å². The Balaban J connectivity index is 1.76. The van der Waals surface area contributed by atoms with Crippen molar-refractivity contribution in [2.24, 2.45) is 0 Å². The first-order valence-corrected chi connectivity index (χ1v) is 10.3. The van der Waals surface area contributed by atoms with Crippen molar-refractivity contribution in [2.75, 3.05) is 17.5 Å². The number of aryl methyl sites for hydroxylation is 1. The lowest BCUT2D eigenvalue weighted by Crippen LogP contribution is -2.35. The van der Waals surface area contributed by atoms with Crippen molar-refractivity contribution in [1.82, 2.24) is 0 Å². The number of para-hydroxylation sites is 1. The van der Waals surface area contributed by atoms with Crippen LogP contribution >= 0.6 is 0 Å². The van der Waals surface area contributed by atoms with E-state index >= 15 is 0 Å². The van der Waals surface area contributed by atoms with Crippen molar-refractivity contribution in [2.45, 2.75) is 24.7 Å². The van der Waals surface area contributed by atoms with Gasteiger partial charge in [-0.15, -0.1) is 0 Å². The first-order valence-electron chi connectivity index (χ1n) is 8.87. The number of fused-ring (bicyclic) bond motifs is 2. The highest BCUT2D eigenvalue weighted by Crippen LogP contribution is 2.33. The van der Waals surface area contributed by atoms with Crippen LogP contribution in [0, 0.1) is 0 Å². The molecule has 0 saturated carbocycles. The average Bonchev–Trinajstić information content (AvgIpc) is 2.67. The third-order valence-corrected chi connectivity index (χ3v) is 6.56. The number of anilines is 1. The molecule has 0 aliphatic carbocycles. The predicted octanol–water partition coefficient (Wildman–Crippen LogP) is 4.38. The van der Waals surface area contributed by atoms with Crippen molar-refractivity contribution in [3.05, 3.63) is 66.2 Å². The summed E-state index contributed by atoms with van der Waals surface area (Å²) in [5.41, 5.74) is 1.88. The Morgan fingerprint density at radius 2 is 1.77 bits per heavy atom. The number of rotatable bonds is 4. The fourth-order valence-electron chi connectivity index (χ4n) is 3.49. The highest BCUT2D eigenvalue weighted by molar-refractivity contribution is 7.92. The van der Waals surface area contributed by atoms with Crippen LogP contribution < -0.4 is 9.04 Å². The van der Waals surface area contributed by atoms with Gasteiger partial charge in [-0.05, 0) is 66.4 Å². The van der Waals surface area contributed by atoms with Crippen LogP contribution in [0.1, 0.15) is 18.9 Å². The predicted molar refractivity (Wildman–Crippen MR) is 104 cm³/mol. The van der Waals surface area contributed by atoms with Crippen LogP contribution in [0.5, 0.6) is 5.75 Å². The van der Waals surface area contributed by atoms with Gasteiger partial charge in [0.05, 0.1) is 17.2 Å². The SMILES string of the molecule is CCOc1ccc2cc(S(=O)(=O)N3CCCc4ccccc43)ccc2c1. The lowest BCUT2D eigenvalue weighted by atomic mass is 10.0. The summed E-state index contributed by atoms with van der Waals surface area (Å²) < 4.78 is 33.6. The number of hydrogen-bond donors (Lipinski definition) is 0. The normalized spacial score (nSPS) is 14.3. The van der Waals surface area contributed by atoms with E-state index < -0.39 is 10.0 Å². The van der Waals surface area contributed by atoms with Crippen LogP contribution in [0.4, 0.5) is 5.69 Å². The molecule has 26 heavy (non-hydrogen) atoms. The van der Waals surface area contributed by atoms with Crippen LogP contribution in [-0.2, 0) is 16.4 Å². The summed E-state index contributed by atoms with van der Waals surface area (Å²) in [5.74, 6) is 0.792. The maximum Gasteiger partial charge on any atom is 0.264 e. The van der Waals surface area contributed by atoms with E-state index in [9.17, 15) is 8.42 Å². The summed E-state index contributed by atoms with van der Waals surface area (Å²) in [4.78, 5) is 0.325. The number of hydrogen-bond acceptors (Lipinski definition) is 3. The minimum atomic E-state index is -3.59. The Morgan fingerprint density at radius 1 is 1.00 bits per heavy atom. The quantitative estimate of drug-likeness (QED) is 0.687. The van der Waals surface area contributed by atoms with Gasteiger partial charge in [-0.25, -0.2) is 8.42 Å². The maximum atomic E-state index is 13.3. The molecule has 0 aromatic heterocycles. The summed E-state index contributed by atoms with van der Waals surface area (Å²) in [6.45, 7) is 3.06. The standard InChI is InChI=1S/C21H21NO3S/c1-2-25-19-11-9-18-15-20(12-10-17(18)14-19)26(23,24)22-13-5-7-16-6-3-4-8-21(16)22/h3-4,6,8-12,14-15H,2,5,7,13H2,1H3. The molecule has 5 heteroatoms. The van der Waals surface area contributed by atoms with E-state index in [-0.39, 0.29) is 0 Å². The molecule has 1 heterocycles. The Hall–Kier alpha value is -2.53. The summed E-state index contributed by atoms with van der Waals surface area (Å²) in [6, 6.07) is 18.7. The molecule has 134 valence electrons. The third kappa shape index (κ3) is 2.92. The minimum Gasteiger partial charge on any atom is -0.494 e. The topological polar surface area (TPSA) is 46.6 Å². The molecule has 0 saturated heterocycles. The van der Waals surface area contributed by atoms with Gasteiger partial charge >= 0.3 is 0 Å². The Bertz CT molecular complexity index is 1060. The molecule has 0 radical (unpaired) electrons. The molecule has 0 spiro atoms. The van der Waals surface area contributed by atoms with Crippen molar-refractivity contribution in [3.8, 4) is 5.75 Å².